The maximum Gasteiger partial charge on any atom is 0.126 e. The van der Waals surface area contributed by atoms with Crippen LogP contribution in [0.4, 0.5) is 5.82 Å². The van der Waals surface area contributed by atoms with Crippen molar-refractivity contribution in [1.29, 1.82) is 0 Å². The molecule has 0 aromatic carbocycles. The smallest absolute Gasteiger partial charge is 0.126 e. The first kappa shape index (κ1) is 11.3. The molecule has 0 aliphatic rings. The summed E-state index contributed by atoms with van der Waals surface area (Å²) in [6.07, 6.45) is 4.00. The largest absolute Gasteiger partial charge is 0.368 e. The van der Waals surface area contributed by atoms with E-state index in [9.17, 15) is 0 Å². The van der Waals surface area contributed by atoms with Crippen LogP contribution in [0.3, 0.4) is 0 Å². The van der Waals surface area contributed by atoms with Crippen molar-refractivity contribution in [2.45, 2.75) is 32.7 Å². The highest BCUT2D eigenvalue weighted by molar-refractivity contribution is 6.17. The number of halogens is 1. The molecule has 1 aromatic heterocycles. The fourth-order valence-corrected chi connectivity index (χ4v) is 1.42. The van der Waals surface area contributed by atoms with Gasteiger partial charge in [0.05, 0.1) is 0 Å². The Labute approximate surface area is 90.7 Å². The predicted octanol–water partition coefficient (Wildman–Crippen LogP) is 3.21. The normalized spacial score (nSPS) is 12.5. The quantitative estimate of drug-likeness (QED) is 0.759. The zero-order chi connectivity index (χ0) is 10.4. The molecule has 3 heteroatoms. The number of aromatic nitrogens is 1. The van der Waals surface area contributed by atoms with E-state index in [1.807, 2.05) is 19.2 Å². The van der Waals surface area contributed by atoms with Gasteiger partial charge in [0.1, 0.15) is 5.82 Å². The molecule has 1 heterocycles. The molecule has 0 saturated carbocycles. The van der Waals surface area contributed by atoms with Gasteiger partial charge in [0.2, 0.25) is 0 Å². The monoisotopic (exact) mass is 212 g/mol. The molecule has 0 radical (unpaired) electrons. The average Bonchev–Trinajstić information content (AvgIpc) is 2.18. The van der Waals surface area contributed by atoms with Gasteiger partial charge in [-0.15, -0.1) is 11.6 Å². The molecule has 1 aromatic rings. The summed E-state index contributed by atoms with van der Waals surface area (Å²) in [5.74, 6) is 1.67. The fraction of sp³-hybridized carbons (Fsp3) is 0.545. The number of nitrogens with zero attached hydrogens (tertiary/aromatic N) is 1. The van der Waals surface area contributed by atoms with Gasteiger partial charge in [-0.2, -0.15) is 0 Å². The lowest BCUT2D eigenvalue weighted by Gasteiger charge is -2.13. The molecule has 1 unspecified atom stereocenters. The molecule has 0 aliphatic carbocycles. The van der Waals surface area contributed by atoms with Gasteiger partial charge < -0.3 is 5.32 Å². The maximum absolute atomic E-state index is 5.63. The molecule has 14 heavy (non-hydrogen) atoms. The van der Waals surface area contributed by atoms with Crippen molar-refractivity contribution in [3.05, 3.63) is 23.9 Å². The van der Waals surface area contributed by atoms with Gasteiger partial charge in [0.25, 0.3) is 0 Å². The zero-order valence-corrected chi connectivity index (χ0v) is 9.51. The van der Waals surface area contributed by atoms with Gasteiger partial charge in [0, 0.05) is 18.1 Å². The minimum absolute atomic E-state index is 0.434. The molecule has 2 nitrogen and oxygen atoms in total. The van der Waals surface area contributed by atoms with Crippen LogP contribution in [0, 0.1) is 6.92 Å². The van der Waals surface area contributed by atoms with Gasteiger partial charge in [-0.3, -0.25) is 0 Å². The first-order chi connectivity index (χ1) is 6.72. The maximum atomic E-state index is 5.63. The Kier molecular flexibility index (Phi) is 4.74. The van der Waals surface area contributed by atoms with Crippen molar-refractivity contribution in [3.63, 3.8) is 0 Å². The standard InChI is InChI=1S/C11H17ClN2/c1-9-5-6-11(13-8-9)14-10(2)4-3-7-12/h5-6,8,10H,3-4,7H2,1-2H3,(H,13,14). The van der Waals surface area contributed by atoms with Gasteiger partial charge in [0.15, 0.2) is 0 Å². The van der Waals surface area contributed by atoms with E-state index < -0.39 is 0 Å². The van der Waals surface area contributed by atoms with E-state index in [0.717, 1.165) is 24.5 Å². The summed E-state index contributed by atoms with van der Waals surface area (Å²) in [5.41, 5.74) is 1.18. The van der Waals surface area contributed by atoms with E-state index in [4.69, 9.17) is 11.6 Å². The number of aryl methyl sites for hydroxylation is 1. The Morgan fingerprint density at radius 2 is 2.29 bits per heavy atom. The van der Waals surface area contributed by atoms with Crippen molar-refractivity contribution in [1.82, 2.24) is 4.98 Å². The molecule has 1 rings (SSSR count). The minimum Gasteiger partial charge on any atom is -0.368 e. The number of anilines is 1. The van der Waals surface area contributed by atoms with E-state index in [1.54, 1.807) is 0 Å². The molecule has 1 N–H and O–H groups in total. The third-order valence-electron chi connectivity index (χ3n) is 2.08. The van der Waals surface area contributed by atoms with Crippen molar-refractivity contribution < 1.29 is 0 Å². The third-order valence-corrected chi connectivity index (χ3v) is 2.34. The summed E-state index contributed by atoms with van der Waals surface area (Å²) in [6, 6.07) is 4.50. The van der Waals surface area contributed by atoms with Crippen LogP contribution in [-0.2, 0) is 0 Å². The number of hydrogen-bond donors (Lipinski definition) is 1. The highest BCUT2D eigenvalue weighted by Crippen LogP contribution is 2.08. The molecule has 78 valence electrons. The summed E-state index contributed by atoms with van der Waals surface area (Å²) < 4.78 is 0. The zero-order valence-electron chi connectivity index (χ0n) is 8.76. The van der Waals surface area contributed by atoms with Gasteiger partial charge in [-0.05, 0) is 38.3 Å². The Morgan fingerprint density at radius 3 is 2.86 bits per heavy atom. The summed E-state index contributed by atoms with van der Waals surface area (Å²) in [7, 11) is 0. The number of rotatable bonds is 5. The predicted molar refractivity (Wildman–Crippen MR) is 62.0 cm³/mol. The highest BCUT2D eigenvalue weighted by atomic mass is 35.5. The fourth-order valence-electron chi connectivity index (χ4n) is 1.26. The number of alkyl halides is 1. The van der Waals surface area contributed by atoms with Crippen molar-refractivity contribution in [2.24, 2.45) is 0 Å². The molecule has 0 aliphatic heterocycles. The molecule has 0 amide bonds. The van der Waals surface area contributed by atoms with E-state index in [2.05, 4.69) is 23.3 Å². The van der Waals surface area contributed by atoms with Gasteiger partial charge in [-0.1, -0.05) is 6.07 Å². The number of nitrogens with one attached hydrogen (secondary N) is 1. The molecular weight excluding hydrogens is 196 g/mol. The average molecular weight is 213 g/mol. The summed E-state index contributed by atoms with van der Waals surface area (Å²) >= 11 is 5.63. The van der Waals surface area contributed by atoms with E-state index in [0.29, 0.717) is 6.04 Å². The van der Waals surface area contributed by atoms with Crippen LogP contribution in [-0.4, -0.2) is 16.9 Å². The Balaban J connectivity index is 2.39. The number of hydrogen-bond acceptors (Lipinski definition) is 2. The van der Waals surface area contributed by atoms with E-state index >= 15 is 0 Å². The molecule has 1 atom stereocenters. The molecular formula is C11H17ClN2. The van der Waals surface area contributed by atoms with E-state index in [-0.39, 0.29) is 0 Å². The Hall–Kier alpha value is -0.760. The van der Waals surface area contributed by atoms with Crippen LogP contribution in [0.15, 0.2) is 18.3 Å². The lowest BCUT2D eigenvalue weighted by molar-refractivity contribution is 0.690. The van der Waals surface area contributed by atoms with Gasteiger partial charge >= 0.3 is 0 Å². The molecule has 0 spiro atoms. The summed E-state index contributed by atoms with van der Waals surface area (Å²) in [5, 5.41) is 3.33. The second-order valence-electron chi connectivity index (χ2n) is 3.60. The van der Waals surface area contributed by atoms with Crippen LogP contribution >= 0.6 is 11.6 Å². The lowest BCUT2D eigenvalue weighted by atomic mass is 10.2. The first-order valence-electron chi connectivity index (χ1n) is 4.97. The van der Waals surface area contributed by atoms with Crippen molar-refractivity contribution in [2.75, 3.05) is 11.2 Å². The third kappa shape index (κ3) is 3.97. The Bertz CT molecular complexity index is 258. The molecule has 0 fully saturated rings. The minimum atomic E-state index is 0.434. The topological polar surface area (TPSA) is 24.9 Å². The number of pyridine rings is 1. The Morgan fingerprint density at radius 1 is 1.50 bits per heavy atom. The van der Waals surface area contributed by atoms with E-state index in [1.165, 1.54) is 5.56 Å². The van der Waals surface area contributed by atoms with Crippen molar-refractivity contribution in [3.8, 4) is 0 Å². The highest BCUT2D eigenvalue weighted by Gasteiger charge is 2.01. The molecule has 0 saturated heterocycles. The van der Waals surface area contributed by atoms with Crippen LogP contribution in [0.25, 0.3) is 0 Å². The van der Waals surface area contributed by atoms with Crippen LogP contribution in [0.2, 0.25) is 0 Å². The van der Waals surface area contributed by atoms with Crippen LogP contribution < -0.4 is 5.32 Å². The van der Waals surface area contributed by atoms with Gasteiger partial charge in [-0.25, -0.2) is 4.98 Å². The van der Waals surface area contributed by atoms with Crippen molar-refractivity contribution >= 4 is 17.4 Å². The van der Waals surface area contributed by atoms with Crippen LogP contribution in [0.1, 0.15) is 25.3 Å². The SMILES string of the molecule is Cc1ccc(NC(C)CCCCl)nc1. The second-order valence-corrected chi connectivity index (χ2v) is 3.98. The van der Waals surface area contributed by atoms with Crippen LogP contribution in [0.5, 0.6) is 0 Å². The second kappa shape index (κ2) is 5.86. The molecule has 0 bridgehead atoms. The summed E-state index contributed by atoms with van der Waals surface area (Å²) in [6.45, 7) is 4.18. The lowest BCUT2D eigenvalue weighted by Crippen LogP contribution is -2.15. The summed E-state index contributed by atoms with van der Waals surface area (Å²) in [4.78, 5) is 4.28. The first-order valence-corrected chi connectivity index (χ1v) is 5.51.